The summed E-state index contributed by atoms with van der Waals surface area (Å²) in [4.78, 5) is 27.9. The van der Waals surface area contributed by atoms with E-state index < -0.39 is 29.3 Å². The van der Waals surface area contributed by atoms with Crippen molar-refractivity contribution in [3.05, 3.63) is 60.3 Å². The lowest BCUT2D eigenvalue weighted by atomic mass is 9.82. The molecule has 0 unspecified atom stereocenters. The molecule has 1 saturated carbocycles. The fourth-order valence-corrected chi connectivity index (χ4v) is 8.81. The number of terminal acetylenes is 1. The van der Waals surface area contributed by atoms with Crippen molar-refractivity contribution in [1.82, 2.24) is 25.2 Å². The molecule has 3 N–H and O–H groups in total. The summed E-state index contributed by atoms with van der Waals surface area (Å²) >= 11 is 0. The Balaban J connectivity index is 1.33. The maximum atomic E-state index is 17.1. The smallest absolute Gasteiger partial charge is 0.319 e. The van der Waals surface area contributed by atoms with Gasteiger partial charge in [-0.05, 0) is 62.3 Å². The zero-order valence-corrected chi connectivity index (χ0v) is 31.2. The van der Waals surface area contributed by atoms with Crippen molar-refractivity contribution in [1.29, 1.82) is 5.26 Å². The number of rotatable bonds is 12. The van der Waals surface area contributed by atoms with Crippen LogP contribution in [0.1, 0.15) is 57.4 Å². The van der Waals surface area contributed by atoms with Crippen molar-refractivity contribution in [2.75, 3.05) is 44.8 Å². The first-order valence-electron chi connectivity index (χ1n) is 18.9. The first kappa shape index (κ1) is 38.8. The number of alkyl halides is 1. The summed E-state index contributed by atoms with van der Waals surface area (Å²) in [6, 6.07) is 7.37. The highest BCUT2D eigenvalue weighted by molar-refractivity contribution is 6.03. The van der Waals surface area contributed by atoms with E-state index in [0.29, 0.717) is 44.5 Å². The summed E-state index contributed by atoms with van der Waals surface area (Å²) in [7, 11) is 0. The SMILES string of the molecule is C#Cc1c(F)ccc2cc(O)cc(-c3ncc4c(NCC5(CNC(=O)C=C)CCCC5)nc(OC[C@]5([C@H](C)C#N)C[C@@H](F)CN5C5CCOCC5)nc4c3F)c12. The van der Waals surface area contributed by atoms with Crippen LogP contribution in [0.2, 0.25) is 0 Å². The average molecular weight is 768 g/mol. The number of benzene rings is 2. The van der Waals surface area contributed by atoms with Crippen LogP contribution in [0.5, 0.6) is 11.8 Å². The van der Waals surface area contributed by atoms with Gasteiger partial charge in [-0.2, -0.15) is 15.2 Å². The number of carbonyl (C=O) groups is 1. The summed E-state index contributed by atoms with van der Waals surface area (Å²) in [6.45, 7) is 7.08. The maximum absolute atomic E-state index is 17.1. The Morgan fingerprint density at radius 2 is 2.00 bits per heavy atom. The van der Waals surface area contributed by atoms with Crippen LogP contribution in [0, 0.1) is 46.6 Å². The number of hydrogen-bond donors (Lipinski definition) is 3. The van der Waals surface area contributed by atoms with Crippen molar-refractivity contribution in [2.24, 2.45) is 11.3 Å². The minimum Gasteiger partial charge on any atom is -0.508 e. The van der Waals surface area contributed by atoms with E-state index in [4.69, 9.17) is 20.9 Å². The van der Waals surface area contributed by atoms with Gasteiger partial charge in [0.25, 0.3) is 0 Å². The molecule has 4 heterocycles. The number of likely N-dealkylation sites (tertiary alicyclic amines) is 1. The lowest BCUT2D eigenvalue weighted by Gasteiger charge is -2.45. The number of phenols is 1. The molecule has 4 aromatic rings. The van der Waals surface area contributed by atoms with Crippen molar-refractivity contribution in [2.45, 2.75) is 69.6 Å². The van der Waals surface area contributed by atoms with E-state index in [9.17, 15) is 19.6 Å². The predicted molar refractivity (Wildman–Crippen MR) is 205 cm³/mol. The van der Waals surface area contributed by atoms with Gasteiger partial charge in [0.05, 0.1) is 28.5 Å². The van der Waals surface area contributed by atoms with E-state index >= 15 is 8.78 Å². The Morgan fingerprint density at radius 3 is 2.71 bits per heavy atom. The number of hydrogen-bond acceptors (Lipinski definition) is 10. The van der Waals surface area contributed by atoms with Gasteiger partial charge in [0.1, 0.15) is 41.4 Å². The van der Waals surface area contributed by atoms with Crippen LogP contribution in [0.4, 0.5) is 19.0 Å². The second-order valence-corrected chi connectivity index (χ2v) is 15.2. The Kier molecular flexibility index (Phi) is 11.1. The van der Waals surface area contributed by atoms with Gasteiger partial charge in [0, 0.05) is 67.9 Å². The van der Waals surface area contributed by atoms with Crippen molar-refractivity contribution >= 4 is 33.4 Å². The molecule has 56 heavy (non-hydrogen) atoms. The molecule has 0 bridgehead atoms. The number of halogens is 3. The number of ether oxygens (including phenoxy) is 2. The number of amides is 1. The largest absolute Gasteiger partial charge is 0.508 e. The molecule has 7 rings (SSSR count). The van der Waals surface area contributed by atoms with Crippen LogP contribution in [0.15, 0.2) is 43.1 Å². The van der Waals surface area contributed by atoms with Crippen molar-refractivity contribution in [3.8, 4) is 41.4 Å². The second-order valence-electron chi connectivity index (χ2n) is 15.2. The third-order valence-corrected chi connectivity index (χ3v) is 11.9. The lowest BCUT2D eigenvalue weighted by molar-refractivity contribution is -0.116. The zero-order chi connectivity index (χ0) is 39.6. The summed E-state index contributed by atoms with van der Waals surface area (Å²) in [5, 5.41) is 27.9. The number of anilines is 1. The fourth-order valence-electron chi connectivity index (χ4n) is 8.81. The maximum Gasteiger partial charge on any atom is 0.319 e. The molecule has 0 radical (unpaired) electrons. The zero-order valence-electron chi connectivity index (χ0n) is 31.2. The highest BCUT2D eigenvalue weighted by Gasteiger charge is 2.53. The Hall–Kier alpha value is -5.44. The molecule has 3 aliphatic rings. The molecule has 11 nitrogen and oxygen atoms in total. The Morgan fingerprint density at radius 1 is 1.23 bits per heavy atom. The van der Waals surface area contributed by atoms with Crippen LogP contribution in [-0.2, 0) is 9.53 Å². The van der Waals surface area contributed by atoms with Crippen LogP contribution >= 0.6 is 0 Å². The molecule has 2 aliphatic heterocycles. The second kappa shape index (κ2) is 16.0. The van der Waals surface area contributed by atoms with Crippen molar-refractivity contribution < 1.29 is 32.5 Å². The highest BCUT2D eigenvalue weighted by atomic mass is 19.1. The van der Waals surface area contributed by atoms with Gasteiger partial charge >= 0.3 is 6.01 Å². The number of phenolic OH excluding ortho intramolecular Hbond substituents is 1. The van der Waals surface area contributed by atoms with Gasteiger partial charge in [0.2, 0.25) is 5.91 Å². The number of fused-ring (bicyclic) bond motifs is 2. The predicted octanol–water partition coefficient (Wildman–Crippen LogP) is 6.58. The van der Waals surface area contributed by atoms with Crippen LogP contribution in [-0.4, -0.2) is 88.1 Å². The molecular formula is C42H44F3N7O4. The van der Waals surface area contributed by atoms with Crippen LogP contribution in [0.3, 0.4) is 0 Å². The third kappa shape index (κ3) is 7.31. The monoisotopic (exact) mass is 767 g/mol. The molecule has 292 valence electrons. The third-order valence-electron chi connectivity index (χ3n) is 11.9. The molecule has 2 saturated heterocycles. The van der Waals surface area contributed by atoms with Gasteiger partial charge in [-0.1, -0.05) is 31.4 Å². The minimum absolute atomic E-state index is 0.0243. The van der Waals surface area contributed by atoms with Gasteiger partial charge in [-0.3, -0.25) is 14.7 Å². The number of aromatic hydroxyl groups is 1. The molecular weight excluding hydrogens is 724 g/mol. The van der Waals surface area contributed by atoms with E-state index in [1.54, 1.807) is 6.92 Å². The minimum atomic E-state index is -1.20. The lowest BCUT2D eigenvalue weighted by Crippen LogP contribution is -2.57. The molecule has 1 amide bonds. The number of nitrogens with zero attached hydrogens (tertiary/aromatic N) is 5. The summed E-state index contributed by atoms with van der Waals surface area (Å²) in [5.41, 5.74) is -1.86. The van der Waals surface area contributed by atoms with E-state index in [1.165, 1.54) is 36.5 Å². The Bertz CT molecular complexity index is 2250. The van der Waals surface area contributed by atoms with Crippen LogP contribution in [0.25, 0.3) is 32.9 Å². The van der Waals surface area contributed by atoms with E-state index in [-0.39, 0.29) is 87.6 Å². The van der Waals surface area contributed by atoms with Gasteiger partial charge in [-0.25, -0.2) is 13.2 Å². The van der Waals surface area contributed by atoms with Gasteiger partial charge in [0.15, 0.2) is 5.82 Å². The number of carbonyl (C=O) groups excluding carboxylic acids is 1. The average Bonchev–Trinajstić information content (AvgIpc) is 3.83. The summed E-state index contributed by atoms with van der Waals surface area (Å²) in [6.07, 6.45) is 12.1. The number of aromatic nitrogens is 3. The van der Waals surface area contributed by atoms with E-state index in [2.05, 4.69) is 39.2 Å². The number of nitriles is 1. The van der Waals surface area contributed by atoms with Gasteiger partial charge < -0.3 is 25.2 Å². The Labute approximate surface area is 323 Å². The molecule has 1 aliphatic carbocycles. The molecule has 3 atom stereocenters. The molecule has 2 aromatic heterocycles. The topological polar surface area (TPSA) is 146 Å². The summed E-state index contributed by atoms with van der Waals surface area (Å²) < 4.78 is 59.4. The van der Waals surface area contributed by atoms with Crippen LogP contribution < -0.4 is 15.4 Å². The summed E-state index contributed by atoms with van der Waals surface area (Å²) in [5.74, 6) is -0.187. The highest BCUT2D eigenvalue weighted by Crippen LogP contribution is 2.43. The first-order valence-corrected chi connectivity index (χ1v) is 18.9. The number of nitrogens with one attached hydrogen (secondary N) is 2. The quantitative estimate of drug-likeness (QED) is 0.107. The van der Waals surface area contributed by atoms with E-state index in [0.717, 1.165) is 25.7 Å². The first-order chi connectivity index (χ1) is 27.0. The molecule has 0 spiro atoms. The van der Waals surface area contributed by atoms with Crippen molar-refractivity contribution in [3.63, 3.8) is 0 Å². The molecule has 3 fully saturated rings. The standard InChI is InChI=1S/C42H44F3N7O4/c1-4-30-33(44)9-8-26-16-29(53)17-31(35(26)30)37-36(45)38-32(20-47-37)39(49-23-41(12-6-7-13-41)22-48-34(54)5-2)51-40(50-38)56-24-42(25(3)19-46)18-27(43)21-52(42)28-10-14-55-15-11-28/h1,5,8-9,16-17,20,25,27-28,53H,2,6-7,10-15,18,21-24H2,3H3,(H,48,54)(H,49,50,51)/t25-,27-,42+/m1/s1. The molecule has 2 aromatic carbocycles. The number of pyridine rings is 1. The van der Waals surface area contributed by atoms with Gasteiger partial charge in [-0.15, -0.1) is 6.42 Å². The molecule has 14 heteroatoms. The normalized spacial score (nSPS) is 21.7. The fraction of sp³-hybridized carbons (Fsp3) is 0.452. The van der Waals surface area contributed by atoms with E-state index in [1.807, 2.05) is 4.90 Å².